The third-order valence-electron chi connectivity index (χ3n) is 4.47. The summed E-state index contributed by atoms with van der Waals surface area (Å²) >= 11 is 3.38. The number of nitrogens with zero attached hydrogens (tertiary/aromatic N) is 2. The predicted octanol–water partition coefficient (Wildman–Crippen LogP) is 2.52. The van der Waals surface area contributed by atoms with Gasteiger partial charge in [-0.1, -0.05) is 15.9 Å². The van der Waals surface area contributed by atoms with Gasteiger partial charge in [-0.2, -0.15) is 0 Å². The van der Waals surface area contributed by atoms with Gasteiger partial charge in [-0.15, -0.1) is 0 Å². The summed E-state index contributed by atoms with van der Waals surface area (Å²) < 4.78 is 12.3. The highest BCUT2D eigenvalue weighted by molar-refractivity contribution is 9.10. The Balaban J connectivity index is 1.47. The zero-order valence-corrected chi connectivity index (χ0v) is 17.4. The van der Waals surface area contributed by atoms with Crippen molar-refractivity contribution in [1.29, 1.82) is 0 Å². The van der Waals surface area contributed by atoms with Crippen molar-refractivity contribution in [3.8, 4) is 5.75 Å². The highest BCUT2D eigenvalue weighted by Crippen LogP contribution is 2.19. The second-order valence-corrected chi connectivity index (χ2v) is 7.45. The molecule has 0 spiro atoms. The van der Waals surface area contributed by atoms with Crippen LogP contribution in [-0.4, -0.2) is 60.9 Å². The van der Waals surface area contributed by atoms with E-state index in [0.717, 1.165) is 10.2 Å². The van der Waals surface area contributed by atoms with E-state index in [4.69, 9.17) is 9.15 Å². The maximum Gasteiger partial charge on any atom is 0.289 e. The van der Waals surface area contributed by atoms with Crippen LogP contribution in [0, 0.1) is 0 Å². The number of amides is 2. The van der Waals surface area contributed by atoms with E-state index in [-0.39, 0.29) is 18.4 Å². The summed E-state index contributed by atoms with van der Waals surface area (Å²) in [7, 11) is 0. The van der Waals surface area contributed by atoms with Crippen molar-refractivity contribution < 1.29 is 18.7 Å². The van der Waals surface area contributed by atoms with Crippen molar-refractivity contribution in [2.45, 2.75) is 13.5 Å². The van der Waals surface area contributed by atoms with Crippen molar-refractivity contribution in [2.24, 2.45) is 0 Å². The number of furan rings is 1. The van der Waals surface area contributed by atoms with Crippen LogP contribution >= 0.6 is 15.9 Å². The lowest BCUT2D eigenvalue weighted by atomic mass is 10.3. The monoisotopic (exact) mass is 449 g/mol. The van der Waals surface area contributed by atoms with E-state index in [2.05, 4.69) is 21.2 Å². The maximum absolute atomic E-state index is 12.6. The zero-order chi connectivity index (χ0) is 19.9. The number of piperazine rings is 1. The molecule has 1 aromatic carbocycles. The molecule has 2 amide bonds. The van der Waals surface area contributed by atoms with Gasteiger partial charge in [0.15, 0.2) is 5.76 Å². The van der Waals surface area contributed by atoms with Gasteiger partial charge in [-0.25, -0.2) is 0 Å². The van der Waals surface area contributed by atoms with E-state index in [1.54, 1.807) is 17.0 Å². The third kappa shape index (κ3) is 5.59. The van der Waals surface area contributed by atoms with Gasteiger partial charge in [-0.05, 0) is 43.3 Å². The summed E-state index contributed by atoms with van der Waals surface area (Å²) in [4.78, 5) is 28.1. The van der Waals surface area contributed by atoms with Gasteiger partial charge in [0.2, 0.25) is 5.91 Å². The molecule has 0 unspecified atom stereocenters. The lowest BCUT2D eigenvalue weighted by Gasteiger charge is -2.33. The number of carbonyl (C=O) groups excluding carboxylic acids is 2. The summed E-state index contributed by atoms with van der Waals surface area (Å²) in [5.41, 5.74) is 0. The summed E-state index contributed by atoms with van der Waals surface area (Å²) in [6, 6.07) is 11.0. The molecule has 28 heavy (non-hydrogen) atoms. The van der Waals surface area contributed by atoms with Crippen LogP contribution in [0.1, 0.15) is 23.2 Å². The van der Waals surface area contributed by atoms with Gasteiger partial charge in [0.1, 0.15) is 18.1 Å². The Bertz CT molecular complexity index is 798. The molecule has 2 aromatic rings. The van der Waals surface area contributed by atoms with Crippen LogP contribution in [0.25, 0.3) is 0 Å². The van der Waals surface area contributed by atoms with Crippen LogP contribution in [0.2, 0.25) is 0 Å². The Morgan fingerprint density at radius 3 is 2.50 bits per heavy atom. The third-order valence-corrected chi connectivity index (χ3v) is 5.00. The van der Waals surface area contributed by atoms with Gasteiger partial charge in [-0.3, -0.25) is 14.5 Å². The first kappa shape index (κ1) is 20.4. The number of carbonyl (C=O) groups is 2. The molecule has 1 aliphatic rings. The molecule has 3 rings (SSSR count). The van der Waals surface area contributed by atoms with Gasteiger partial charge in [0.25, 0.3) is 5.91 Å². The van der Waals surface area contributed by atoms with Crippen molar-refractivity contribution >= 4 is 27.7 Å². The van der Waals surface area contributed by atoms with Crippen molar-refractivity contribution in [1.82, 2.24) is 15.1 Å². The van der Waals surface area contributed by atoms with E-state index < -0.39 is 0 Å². The average molecular weight is 450 g/mol. The largest absolute Gasteiger partial charge is 0.486 e. The molecule has 0 aliphatic carbocycles. The molecule has 0 bridgehead atoms. The fraction of sp³-hybridized carbons (Fsp3) is 0.400. The Kier molecular flexibility index (Phi) is 7.11. The fourth-order valence-corrected chi connectivity index (χ4v) is 3.24. The SMILES string of the molecule is CCNC(=O)CN1CCN(C(=O)c2ccc(COc3ccc(Br)cc3)o2)CC1. The molecule has 1 saturated heterocycles. The van der Waals surface area contributed by atoms with Crippen LogP contribution in [0.4, 0.5) is 0 Å². The molecular weight excluding hydrogens is 426 g/mol. The van der Waals surface area contributed by atoms with Crippen LogP contribution in [0.3, 0.4) is 0 Å². The first-order valence-electron chi connectivity index (χ1n) is 9.30. The Morgan fingerprint density at radius 2 is 1.82 bits per heavy atom. The molecule has 8 heteroatoms. The highest BCUT2D eigenvalue weighted by Gasteiger charge is 2.25. The average Bonchev–Trinajstić information content (AvgIpc) is 3.17. The lowest BCUT2D eigenvalue weighted by molar-refractivity contribution is -0.122. The van der Waals surface area contributed by atoms with Gasteiger partial charge in [0.05, 0.1) is 6.54 Å². The topological polar surface area (TPSA) is 75.0 Å². The number of hydrogen-bond donors (Lipinski definition) is 1. The Labute approximate surface area is 172 Å². The predicted molar refractivity (Wildman–Crippen MR) is 108 cm³/mol. The maximum atomic E-state index is 12.6. The fourth-order valence-electron chi connectivity index (χ4n) is 2.98. The van der Waals surface area contributed by atoms with E-state index >= 15 is 0 Å². The summed E-state index contributed by atoms with van der Waals surface area (Å²) in [5, 5.41) is 2.79. The molecule has 0 saturated carbocycles. The molecule has 0 atom stereocenters. The minimum absolute atomic E-state index is 0.0173. The molecule has 1 aliphatic heterocycles. The smallest absolute Gasteiger partial charge is 0.289 e. The van der Waals surface area contributed by atoms with E-state index in [9.17, 15) is 9.59 Å². The molecule has 1 fully saturated rings. The normalized spacial score (nSPS) is 14.7. The summed E-state index contributed by atoms with van der Waals surface area (Å²) in [6.45, 7) is 5.64. The van der Waals surface area contributed by atoms with Crippen LogP contribution in [0.15, 0.2) is 45.3 Å². The van der Waals surface area contributed by atoms with Gasteiger partial charge >= 0.3 is 0 Å². The number of nitrogens with one attached hydrogen (secondary N) is 1. The van der Waals surface area contributed by atoms with Crippen molar-refractivity contribution in [2.75, 3.05) is 39.3 Å². The molecule has 2 heterocycles. The summed E-state index contributed by atoms with van der Waals surface area (Å²) in [6.07, 6.45) is 0. The summed E-state index contributed by atoms with van der Waals surface area (Å²) in [5.74, 6) is 1.53. The molecule has 1 aromatic heterocycles. The quantitative estimate of drug-likeness (QED) is 0.702. The number of ether oxygens (including phenoxy) is 1. The first-order valence-corrected chi connectivity index (χ1v) is 10.1. The van der Waals surface area contributed by atoms with Crippen molar-refractivity contribution in [3.63, 3.8) is 0 Å². The molecule has 7 nitrogen and oxygen atoms in total. The van der Waals surface area contributed by atoms with Crippen LogP contribution in [-0.2, 0) is 11.4 Å². The second-order valence-electron chi connectivity index (χ2n) is 6.53. The first-order chi connectivity index (χ1) is 13.5. The minimum atomic E-state index is -0.132. The zero-order valence-electron chi connectivity index (χ0n) is 15.8. The van der Waals surface area contributed by atoms with E-state index in [1.165, 1.54) is 0 Å². The number of rotatable bonds is 7. The molecule has 1 N–H and O–H groups in total. The second kappa shape index (κ2) is 9.75. The number of hydrogen-bond acceptors (Lipinski definition) is 5. The molecule has 150 valence electrons. The number of halogens is 1. The van der Waals surface area contributed by atoms with Crippen LogP contribution < -0.4 is 10.1 Å². The minimum Gasteiger partial charge on any atom is -0.486 e. The van der Waals surface area contributed by atoms with E-state index in [1.807, 2.05) is 36.1 Å². The lowest BCUT2D eigenvalue weighted by Crippen LogP contribution is -2.51. The van der Waals surface area contributed by atoms with Crippen molar-refractivity contribution in [3.05, 3.63) is 52.4 Å². The molecule has 0 radical (unpaired) electrons. The van der Waals surface area contributed by atoms with Gasteiger partial charge in [0, 0.05) is 37.2 Å². The van der Waals surface area contributed by atoms with Gasteiger partial charge < -0.3 is 19.4 Å². The Morgan fingerprint density at radius 1 is 1.11 bits per heavy atom. The number of benzene rings is 1. The Hall–Kier alpha value is -2.32. The standard InChI is InChI=1S/C20H24BrN3O4/c1-2-22-19(25)13-23-9-11-24(12-10-23)20(26)18-8-7-17(28-18)14-27-16-5-3-15(21)4-6-16/h3-8H,2,9-14H2,1H3,(H,22,25). The highest BCUT2D eigenvalue weighted by atomic mass is 79.9. The number of likely N-dealkylation sites (N-methyl/N-ethyl adjacent to an activating group) is 1. The molecular formula is C20H24BrN3O4. The van der Waals surface area contributed by atoms with Crippen LogP contribution in [0.5, 0.6) is 5.75 Å². The van der Waals surface area contributed by atoms with E-state index in [0.29, 0.717) is 50.8 Å².